The first-order valence-corrected chi connectivity index (χ1v) is 10.9. The van der Waals surface area contributed by atoms with E-state index in [2.05, 4.69) is 38.0 Å². The average molecular weight is 401 g/mol. The summed E-state index contributed by atoms with van der Waals surface area (Å²) in [5, 5.41) is 9.04. The van der Waals surface area contributed by atoms with E-state index in [0.717, 1.165) is 36.1 Å². The topological polar surface area (TPSA) is 58.1 Å². The van der Waals surface area contributed by atoms with E-state index >= 15 is 0 Å². The molecule has 28 heavy (non-hydrogen) atoms. The molecule has 7 heteroatoms. The molecule has 2 aliphatic rings. The third-order valence-corrected chi connectivity index (χ3v) is 6.12. The van der Waals surface area contributed by atoms with Crippen LogP contribution in [-0.4, -0.2) is 50.8 Å². The molecular formula is C21H28N4O2S. The normalized spacial score (nSPS) is 18.5. The number of nitrogens with one attached hydrogen (secondary N) is 2. The van der Waals surface area contributed by atoms with Crippen LogP contribution in [0, 0.1) is 0 Å². The van der Waals surface area contributed by atoms with Crippen molar-refractivity contribution in [3.05, 3.63) is 40.6 Å². The summed E-state index contributed by atoms with van der Waals surface area (Å²) in [4.78, 5) is 8.37. The molecule has 3 heterocycles. The second-order valence-corrected chi connectivity index (χ2v) is 8.04. The van der Waals surface area contributed by atoms with Gasteiger partial charge in [-0.3, -0.25) is 9.89 Å². The smallest absolute Gasteiger partial charge is 0.195 e. The monoisotopic (exact) mass is 400 g/mol. The number of guanidine groups is 1. The maximum absolute atomic E-state index is 5.79. The Bertz CT molecular complexity index is 788. The highest BCUT2D eigenvalue weighted by atomic mass is 32.1. The van der Waals surface area contributed by atoms with Crippen LogP contribution in [0.25, 0.3) is 0 Å². The molecule has 4 rings (SSSR count). The number of ether oxygens (including phenoxy) is 2. The molecular weight excluding hydrogens is 372 g/mol. The van der Waals surface area contributed by atoms with Crippen molar-refractivity contribution in [1.82, 2.24) is 10.2 Å². The summed E-state index contributed by atoms with van der Waals surface area (Å²) in [5.41, 5.74) is 0.936. The molecule has 6 nitrogen and oxygen atoms in total. The van der Waals surface area contributed by atoms with E-state index in [9.17, 15) is 0 Å². The molecule has 1 unspecified atom stereocenters. The van der Waals surface area contributed by atoms with Gasteiger partial charge in [-0.15, -0.1) is 11.3 Å². The van der Waals surface area contributed by atoms with E-state index in [4.69, 9.17) is 9.47 Å². The molecule has 1 saturated heterocycles. The highest BCUT2D eigenvalue weighted by Crippen LogP contribution is 2.32. The maximum Gasteiger partial charge on any atom is 0.195 e. The van der Waals surface area contributed by atoms with Crippen molar-refractivity contribution in [1.29, 1.82) is 0 Å². The molecule has 1 fully saturated rings. The number of nitrogens with zero attached hydrogens (tertiary/aromatic N) is 2. The van der Waals surface area contributed by atoms with Crippen LogP contribution >= 0.6 is 11.3 Å². The highest BCUT2D eigenvalue weighted by molar-refractivity contribution is 7.10. The van der Waals surface area contributed by atoms with Crippen molar-refractivity contribution in [2.75, 3.05) is 45.2 Å². The second kappa shape index (κ2) is 9.30. The predicted octanol–water partition coefficient (Wildman–Crippen LogP) is 3.73. The number of rotatable bonds is 5. The largest absolute Gasteiger partial charge is 0.490 e. The fourth-order valence-corrected chi connectivity index (χ4v) is 4.55. The first-order chi connectivity index (χ1) is 13.8. The van der Waals surface area contributed by atoms with E-state index < -0.39 is 0 Å². The van der Waals surface area contributed by atoms with Gasteiger partial charge in [-0.05, 0) is 49.5 Å². The van der Waals surface area contributed by atoms with Crippen LogP contribution < -0.4 is 20.1 Å². The van der Waals surface area contributed by atoms with E-state index in [1.54, 1.807) is 7.05 Å². The second-order valence-electron chi connectivity index (χ2n) is 7.06. The lowest BCUT2D eigenvalue weighted by Crippen LogP contribution is -2.39. The molecule has 2 aliphatic heterocycles. The van der Waals surface area contributed by atoms with Gasteiger partial charge in [0.15, 0.2) is 17.5 Å². The Balaban J connectivity index is 1.41. The number of hydrogen-bond acceptors (Lipinski definition) is 5. The quantitative estimate of drug-likeness (QED) is 0.592. The van der Waals surface area contributed by atoms with Gasteiger partial charge in [0.2, 0.25) is 0 Å². The molecule has 0 radical (unpaired) electrons. The molecule has 2 N–H and O–H groups in total. The zero-order chi connectivity index (χ0) is 19.2. The summed E-state index contributed by atoms with van der Waals surface area (Å²) in [5.74, 6) is 2.35. The van der Waals surface area contributed by atoms with Gasteiger partial charge >= 0.3 is 0 Å². The average Bonchev–Trinajstić information content (AvgIpc) is 3.39. The van der Waals surface area contributed by atoms with Crippen LogP contribution in [-0.2, 0) is 0 Å². The summed E-state index contributed by atoms with van der Waals surface area (Å²) in [7, 11) is 1.80. The lowest BCUT2D eigenvalue weighted by atomic mass is 10.2. The molecule has 1 atom stereocenters. The number of fused-ring (bicyclic) bond motifs is 1. The number of aliphatic imine (C=N–C) groups is 1. The number of hydrogen-bond donors (Lipinski definition) is 2. The fraction of sp³-hybridized carbons (Fsp3) is 0.476. The number of thiophene rings is 1. The fourth-order valence-electron chi connectivity index (χ4n) is 3.69. The summed E-state index contributed by atoms with van der Waals surface area (Å²) < 4.78 is 11.5. The minimum atomic E-state index is 0.379. The number of anilines is 1. The van der Waals surface area contributed by atoms with Crippen LogP contribution in [0.4, 0.5) is 5.69 Å². The Morgan fingerprint density at radius 1 is 1.14 bits per heavy atom. The van der Waals surface area contributed by atoms with Crippen molar-refractivity contribution in [3.63, 3.8) is 0 Å². The molecule has 150 valence electrons. The van der Waals surface area contributed by atoms with Crippen molar-refractivity contribution < 1.29 is 9.47 Å². The molecule has 0 spiro atoms. The third kappa shape index (κ3) is 4.59. The lowest BCUT2D eigenvalue weighted by Gasteiger charge is -2.27. The van der Waals surface area contributed by atoms with Crippen molar-refractivity contribution in [2.45, 2.75) is 25.3 Å². The van der Waals surface area contributed by atoms with E-state index in [1.807, 2.05) is 29.5 Å². The Labute approximate surface area is 170 Å². The first-order valence-electron chi connectivity index (χ1n) is 9.98. The Hall–Kier alpha value is -2.25. The molecule has 0 aliphatic carbocycles. The minimum absolute atomic E-state index is 0.379. The first kappa shape index (κ1) is 19.1. The van der Waals surface area contributed by atoms with Crippen molar-refractivity contribution in [2.24, 2.45) is 4.99 Å². The summed E-state index contributed by atoms with van der Waals surface area (Å²) in [6.07, 6.45) is 3.47. The van der Waals surface area contributed by atoms with Crippen molar-refractivity contribution in [3.8, 4) is 11.5 Å². The standard InChI is InChI=1S/C21H28N4O2S/c1-22-21(24-16-7-8-18-19(14-16)27-12-5-11-26-18)23-15-17(20-6-4-13-28-20)25-9-2-3-10-25/h4,6-8,13-14,17H,2-3,5,9-12,15H2,1H3,(H2,22,23,24). The van der Waals surface area contributed by atoms with Gasteiger partial charge in [0.1, 0.15) is 0 Å². The third-order valence-electron chi connectivity index (χ3n) is 5.15. The van der Waals surface area contributed by atoms with E-state index in [-0.39, 0.29) is 0 Å². The van der Waals surface area contributed by atoms with Gasteiger partial charge in [0.25, 0.3) is 0 Å². The van der Waals surface area contributed by atoms with Crippen LogP contribution in [0.2, 0.25) is 0 Å². The van der Waals surface area contributed by atoms with Gasteiger partial charge < -0.3 is 20.1 Å². The Kier molecular flexibility index (Phi) is 6.34. The molecule has 1 aromatic carbocycles. The SMILES string of the molecule is CN=C(NCC(c1cccs1)N1CCCC1)Nc1ccc2c(c1)OCCCO2. The number of benzene rings is 1. The van der Waals surface area contributed by atoms with Crippen LogP contribution in [0.3, 0.4) is 0 Å². The Morgan fingerprint density at radius 2 is 1.96 bits per heavy atom. The van der Waals surface area contributed by atoms with Crippen molar-refractivity contribution >= 4 is 23.0 Å². The molecule has 0 saturated carbocycles. The Morgan fingerprint density at radius 3 is 2.71 bits per heavy atom. The summed E-state index contributed by atoms with van der Waals surface area (Å²) in [6, 6.07) is 10.7. The number of likely N-dealkylation sites (tertiary alicyclic amines) is 1. The molecule has 0 amide bonds. The van der Waals surface area contributed by atoms with Gasteiger partial charge in [0, 0.05) is 36.6 Å². The van der Waals surface area contributed by atoms with Crippen LogP contribution in [0.5, 0.6) is 11.5 Å². The van der Waals surface area contributed by atoms with Crippen LogP contribution in [0.15, 0.2) is 40.7 Å². The summed E-state index contributed by atoms with van der Waals surface area (Å²) in [6.45, 7) is 4.53. The highest BCUT2D eigenvalue weighted by Gasteiger charge is 2.24. The maximum atomic E-state index is 5.79. The zero-order valence-electron chi connectivity index (χ0n) is 16.3. The molecule has 0 bridgehead atoms. The van der Waals surface area contributed by atoms with Gasteiger partial charge in [-0.2, -0.15) is 0 Å². The molecule has 2 aromatic rings. The van der Waals surface area contributed by atoms with Gasteiger partial charge in [-0.25, -0.2) is 0 Å². The summed E-state index contributed by atoms with van der Waals surface area (Å²) >= 11 is 1.83. The zero-order valence-corrected chi connectivity index (χ0v) is 17.1. The van der Waals surface area contributed by atoms with Gasteiger partial charge in [-0.1, -0.05) is 6.07 Å². The lowest BCUT2D eigenvalue weighted by molar-refractivity contribution is 0.249. The minimum Gasteiger partial charge on any atom is -0.490 e. The van der Waals surface area contributed by atoms with E-state index in [1.165, 1.54) is 30.8 Å². The van der Waals surface area contributed by atoms with Gasteiger partial charge in [0.05, 0.1) is 19.3 Å². The predicted molar refractivity (Wildman–Crippen MR) is 115 cm³/mol. The van der Waals surface area contributed by atoms with E-state index in [0.29, 0.717) is 19.3 Å². The van der Waals surface area contributed by atoms with Crippen LogP contribution in [0.1, 0.15) is 30.2 Å². The molecule has 1 aromatic heterocycles.